The van der Waals surface area contributed by atoms with E-state index in [0.717, 1.165) is 5.56 Å². The van der Waals surface area contributed by atoms with Crippen LogP contribution in [0.3, 0.4) is 0 Å². The Labute approximate surface area is 98.1 Å². The highest BCUT2D eigenvalue weighted by Gasteiger charge is 2.04. The zero-order valence-corrected chi connectivity index (χ0v) is 9.40. The van der Waals surface area contributed by atoms with E-state index in [9.17, 15) is 4.79 Å². The molecule has 0 amide bonds. The van der Waals surface area contributed by atoms with Gasteiger partial charge in [-0.2, -0.15) is 10.2 Å². The maximum atomic E-state index is 11.2. The predicted molar refractivity (Wildman–Crippen MR) is 62.5 cm³/mol. The Morgan fingerprint density at radius 1 is 1.31 bits per heavy atom. The average Bonchev–Trinajstić information content (AvgIpc) is 2.29. The summed E-state index contributed by atoms with van der Waals surface area (Å²) < 4.78 is 0. The standard InChI is InChI=1S/C12H9ClN2O/c1-8(16)9-3-2-4-10(5-9)12-6-11(13)7-14-15-12/h2-7H,1H3. The monoisotopic (exact) mass is 232 g/mol. The maximum absolute atomic E-state index is 11.2. The Morgan fingerprint density at radius 2 is 2.12 bits per heavy atom. The molecule has 1 aromatic carbocycles. The van der Waals surface area contributed by atoms with Crippen LogP contribution in [0.2, 0.25) is 5.02 Å². The molecular formula is C12H9ClN2O. The third-order valence-corrected chi connectivity index (χ3v) is 2.39. The fraction of sp³-hybridized carbons (Fsp3) is 0.0833. The van der Waals surface area contributed by atoms with Gasteiger partial charge in [0.2, 0.25) is 0 Å². The minimum atomic E-state index is 0.0248. The van der Waals surface area contributed by atoms with Gasteiger partial charge in [-0.3, -0.25) is 4.79 Å². The molecule has 0 unspecified atom stereocenters. The van der Waals surface area contributed by atoms with Crippen LogP contribution in [-0.2, 0) is 0 Å². The molecule has 0 N–H and O–H groups in total. The molecule has 0 bridgehead atoms. The largest absolute Gasteiger partial charge is 0.295 e. The lowest BCUT2D eigenvalue weighted by atomic mass is 10.1. The second-order valence-electron chi connectivity index (χ2n) is 3.40. The molecule has 4 heteroatoms. The molecule has 0 fully saturated rings. The van der Waals surface area contributed by atoms with Crippen LogP contribution < -0.4 is 0 Å². The lowest BCUT2D eigenvalue weighted by Crippen LogP contribution is -1.93. The van der Waals surface area contributed by atoms with Crippen molar-refractivity contribution in [3.05, 3.63) is 47.1 Å². The molecule has 2 aromatic rings. The quantitative estimate of drug-likeness (QED) is 0.748. The van der Waals surface area contributed by atoms with Crippen molar-refractivity contribution in [1.82, 2.24) is 10.2 Å². The maximum Gasteiger partial charge on any atom is 0.159 e. The van der Waals surface area contributed by atoms with Crippen molar-refractivity contribution in [3.63, 3.8) is 0 Å². The number of Topliss-reactive ketones (excluding diaryl/α,β-unsaturated/α-hetero) is 1. The number of carbonyl (C=O) groups excluding carboxylic acids is 1. The third-order valence-electron chi connectivity index (χ3n) is 2.19. The summed E-state index contributed by atoms with van der Waals surface area (Å²) in [6, 6.07) is 8.95. The van der Waals surface area contributed by atoms with Crippen LogP contribution in [0, 0.1) is 0 Å². The van der Waals surface area contributed by atoms with Crippen molar-refractivity contribution in [2.24, 2.45) is 0 Å². The molecule has 0 aliphatic heterocycles. The van der Waals surface area contributed by atoms with E-state index in [0.29, 0.717) is 16.3 Å². The van der Waals surface area contributed by atoms with Gasteiger partial charge >= 0.3 is 0 Å². The van der Waals surface area contributed by atoms with Gasteiger partial charge in [-0.15, -0.1) is 0 Å². The van der Waals surface area contributed by atoms with Crippen LogP contribution in [-0.4, -0.2) is 16.0 Å². The molecule has 80 valence electrons. The summed E-state index contributed by atoms with van der Waals surface area (Å²) in [7, 11) is 0. The van der Waals surface area contributed by atoms with E-state index in [1.54, 1.807) is 18.2 Å². The third kappa shape index (κ3) is 2.25. The predicted octanol–water partition coefficient (Wildman–Crippen LogP) is 3.00. The van der Waals surface area contributed by atoms with E-state index >= 15 is 0 Å². The molecule has 0 radical (unpaired) electrons. The Hall–Kier alpha value is -1.74. The number of aromatic nitrogens is 2. The van der Waals surface area contributed by atoms with Gasteiger partial charge < -0.3 is 0 Å². The van der Waals surface area contributed by atoms with Crippen LogP contribution in [0.4, 0.5) is 0 Å². The summed E-state index contributed by atoms with van der Waals surface area (Å²) >= 11 is 5.83. The zero-order chi connectivity index (χ0) is 11.5. The molecule has 16 heavy (non-hydrogen) atoms. The van der Waals surface area contributed by atoms with E-state index in [1.807, 2.05) is 12.1 Å². The van der Waals surface area contributed by atoms with Crippen LogP contribution in [0.25, 0.3) is 11.3 Å². The SMILES string of the molecule is CC(=O)c1cccc(-c2cc(Cl)cnn2)c1. The van der Waals surface area contributed by atoms with Crippen molar-refractivity contribution in [2.45, 2.75) is 6.92 Å². The van der Waals surface area contributed by atoms with Crippen molar-refractivity contribution in [2.75, 3.05) is 0 Å². The Bertz CT molecular complexity index is 540. The highest BCUT2D eigenvalue weighted by atomic mass is 35.5. The molecule has 3 nitrogen and oxygen atoms in total. The molecule has 2 rings (SSSR count). The summed E-state index contributed by atoms with van der Waals surface area (Å²) in [6.07, 6.45) is 1.47. The van der Waals surface area contributed by atoms with Crippen molar-refractivity contribution >= 4 is 17.4 Å². The molecule has 0 aliphatic rings. The molecule has 1 aromatic heterocycles. The summed E-state index contributed by atoms with van der Waals surface area (Å²) in [5.74, 6) is 0.0248. The zero-order valence-electron chi connectivity index (χ0n) is 8.64. The minimum absolute atomic E-state index is 0.0248. The van der Waals surface area contributed by atoms with E-state index < -0.39 is 0 Å². The summed E-state index contributed by atoms with van der Waals surface area (Å²) in [6.45, 7) is 1.53. The number of hydrogen-bond acceptors (Lipinski definition) is 3. The fourth-order valence-corrected chi connectivity index (χ4v) is 1.53. The Kier molecular flexibility index (Phi) is 2.97. The molecule has 1 heterocycles. The number of ketones is 1. The molecule has 0 atom stereocenters. The van der Waals surface area contributed by atoms with Gasteiger partial charge in [0.1, 0.15) is 0 Å². The molecular weight excluding hydrogens is 224 g/mol. The van der Waals surface area contributed by atoms with Gasteiger partial charge in [0.25, 0.3) is 0 Å². The smallest absolute Gasteiger partial charge is 0.159 e. The summed E-state index contributed by atoms with van der Waals surface area (Å²) in [5.41, 5.74) is 2.15. The fourth-order valence-electron chi connectivity index (χ4n) is 1.38. The molecule has 0 spiro atoms. The first kappa shape index (κ1) is 10.8. The summed E-state index contributed by atoms with van der Waals surface area (Å²) in [5, 5.41) is 8.26. The van der Waals surface area contributed by atoms with Gasteiger partial charge in [-0.1, -0.05) is 29.8 Å². The highest BCUT2D eigenvalue weighted by molar-refractivity contribution is 6.30. The van der Waals surface area contributed by atoms with E-state index in [1.165, 1.54) is 13.1 Å². The van der Waals surface area contributed by atoms with Crippen LogP contribution >= 0.6 is 11.6 Å². The number of benzene rings is 1. The summed E-state index contributed by atoms with van der Waals surface area (Å²) in [4.78, 5) is 11.2. The number of halogens is 1. The lowest BCUT2D eigenvalue weighted by molar-refractivity contribution is 0.101. The lowest BCUT2D eigenvalue weighted by Gasteiger charge is -2.02. The second-order valence-corrected chi connectivity index (χ2v) is 3.83. The Balaban J connectivity index is 2.48. The van der Waals surface area contributed by atoms with E-state index in [2.05, 4.69) is 10.2 Å². The first-order valence-electron chi connectivity index (χ1n) is 4.76. The first-order valence-corrected chi connectivity index (χ1v) is 5.14. The normalized spacial score (nSPS) is 10.1. The molecule has 0 saturated heterocycles. The second kappa shape index (κ2) is 4.41. The van der Waals surface area contributed by atoms with Gasteiger partial charge in [0, 0.05) is 11.1 Å². The van der Waals surface area contributed by atoms with Gasteiger partial charge in [-0.05, 0) is 19.1 Å². The van der Waals surface area contributed by atoms with Gasteiger partial charge in [0.05, 0.1) is 16.9 Å². The van der Waals surface area contributed by atoms with Crippen molar-refractivity contribution in [1.29, 1.82) is 0 Å². The van der Waals surface area contributed by atoms with E-state index in [4.69, 9.17) is 11.6 Å². The van der Waals surface area contributed by atoms with Crippen LogP contribution in [0.5, 0.6) is 0 Å². The van der Waals surface area contributed by atoms with Crippen LogP contribution in [0.15, 0.2) is 36.5 Å². The topological polar surface area (TPSA) is 42.9 Å². The highest BCUT2D eigenvalue weighted by Crippen LogP contribution is 2.20. The van der Waals surface area contributed by atoms with Crippen LogP contribution in [0.1, 0.15) is 17.3 Å². The number of carbonyl (C=O) groups is 1. The molecule has 0 saturated carbocycles. The average molecular weight is 233 g/mol. The van der Waals surface area contributed by atoms with Crippen molar-refractivity contribution in [3.8, 4) is 11.3 Å². The molecule has 0 aliphatic carbocycles. The van der Waals surface area contributed by atoms with E-state index in [-0.39, 0.29) is 5.78 Å². The first-order chi connectivity index (χ1) is 7.66. The van der Waals surface area contributed by atoms with Gasteiger partial charge in [0.15, 0.2) is 5.78 Å². The number of hydrogen-bond donors (Lipinski definition) is 0. The Morgan fingerprint density at radius 3 is 2.81 bits per heavy atom. The minimum Gasteiger partial charge on any atom is -0.295 e. The number of rotatable bonds is 2. The van der Waals surface area contributed by atoms with Crippen molar-refractivity contribution < 1.29 is 4.79 Å². The number of nitrogens with zero attached hydrogens (tertiary/aromatic N) is 2. The van der Waals surface area contributed by atoms with Gasteiger partial charge in [-0.25, -0.2) is 0 Å².